The molecule has 0 saturated heterocycles. The summed E-state index contributed by atoms with van der Waals surface area (Å²) in [7, 11) is -1.39. The molecular formula is C62H49BBr2O2. The highest BCUT2D eigenvalue weighted by molar-refractivity contribution is 9.10. The van der Waals surface area contributed by atoms with Gasteiger partial charge in [0.05, 0.1) is 0 Å². The normalized spacial score (nSPS) is 10.5. The monoisotopic (exact) mass is 994 g/mol. The van der Waals surface area contributed by atoms with Crippen molar-refractivity contribution in [2.75, 3.05) is 0 Å². The molecule has 0 unspecified atom stereocenters. The van der Waals surface area contributed by atoms with Crippen molar-refractivity contribution in [3.05, 3.63) is 292 Å². The van der Waals surface area contributed by atoms with E-state index in [2.05, 4.69) is 238 Å². The summed E-state index contributed by atoms with van der Waals surface area (Å²) in [6.07, 6.45) is 1.92. The van der Waals surface area contributed by atoms with E-state index in [1.54, 1.807) is 12.1 Å². The predicted octanol–water partition coefficient (Wildman–Crippen LogP) is 15.8. The van der Waals surface area contributed by atoms with Gasteiger partial charge in [-0.2, -0.15) is 0 Å². The summed E-state index contributed by atoms with van der Waals surface area (Å²) in [4.78, 5) is 0. The minimum Gasteiger partial charge on any atom is -0.423 e. The van der Waals surface area contributed by atoms with Gasteiger partial charge in [-0.25, -0.2) is 0 Å². The molecule has 10 aromatic carbocycles. The number of benzene rings is 10. The first kappa shape index (κ1) is 46.7. The molecule has 0 bridgehead atoms. The Morgan fingerprint density at radius 3 is 0.672 bits per heavy atom. The Balaban J connectivity index is 0.000000166. The molecule has 0 fully saturated rings. The number of rotatable bonds is 10. The number of hydrogen-bond acceptors (Lipinski definition) is 2. The molecule has 10 rings (SSSR count). The Morgan fingerprint density at radius 1 is 0.239 bits per heavy atom. The first-order chi connectivity index (χ1) is 32.8. The van der Waals surface area contributed by atoms with Gasteiger partial charge in [0.15, 0.2) is 0 Å². The maximum absolute atomic E-state index is 8.94. The predicted molar refractivity (Wildman–Crippen MR) is 290 cm³/mol. The smallest absolute Gasteiger partial charge is 0.423 e. The zero-order chi connectivity index (χ0) is 46.2. The molecule has 0 amide bonds. The van der Waals surface area contributed by atoms with Crippen LogP contribution in [0.15, 0.2) is 270 Å². The van der Waals surface area contributed by atoms with E-state index in [9.17, 15) is 0 Å². The summed E-state index contributed by atoms with van der Waals surface area (Å²) in [5.74, 6) is 0. The van der Waals surface area contributed by atoms with Crippen LogP contribution in [0.2, 0.25) is 0 Å². The molecule has 2 N–H and O–H groups in total. The molecule has 0 aliphatic heterocycles. The SMILES string of the molecule is Brc1ccc(Cc2ccc(Br)cc2)cc1.OB(O)c1ccc(-c2ccccc2)cc1.c1ccc(-c2ccc(-c3ccc(Cc4ccc(-c5ccc(-c6ccccc6)cc5)cc4)cc3)cc2)cc1. The Hall–Kier alpha value is -6.86. The van der Waals surface area contributed by atoms with Crippen LogP contribution in [0.3, 0.4) is 0 Å². The lowest BCUT2D eigenvalue weighted by atomic mass is 9.80. The third kappa shape index (κ3) is 13.6. The van der Waals surface area contributed by atoms with Gasteiger partial charge >= 0.3 is 7.12 Å². The molecule has 10 aromatic rings. The molecule has 0 atom stereocenters. The fourth-order valence-electron chi connectivity index (χ4n) is 7.76. The maximum Gasteiger partial charge on any atom is 0.488 e. The van der Waals surface area contributed by atoms with Gasteiger partial charge in [-0.15, -0.1) is 0 Å². The largest absolute Gasteiger partial charge is 0.488 e. The van der Waals surface area contributed by atoms with Crippen molar-refractivity contribution in [1.82, 2.24) is 0 Å². The molecule has 326 valence electrons. The van der Waals surface area contributed by atoms with Gasteiger partial charge in [-0.1, -0.05) is 268 Å². The third-order valence-corrected chi connectivity index (χ3v) is 12.6. The summed E-state index contributed by atoms with van der Waals surface area (Å²) in [6.45, 7) is 0. The second kappa shape index (κ2) is 23.6. The molecule has 0 saturated carbocycles. The second-order valence-electron chi connectivity index (χ2n) is 16.2. The van der Waals surface area contributed by atoms with Gasteiger partial charge in [0.1, 0.15) is 0 Å². The fraction of sp³-hybridized carbons (Fsp3) is 0.0323. The van der Waals surface area contributed by atoms with Crippen LogP contribution in [0.25, 0.3) is 55.6 Å². The summed E-state index contributed by atoms with van der Waals surface area (Å²) in [5.41, 5.74) is 18.0. The van der Waals surface area contributed by atoms with E-state index in [0.29, 0.717) is 5.46 Å². The first-order valence-corrected chi connectivity index (χ1v) is 23.9. The van der Waals surface area contributed by atoms with Crippen LogP contribution in [0.1, 0.15) is 22.3 Å². The van der Waals surface area contributed by atoms with Crippen LogP contribution in [-0.2, 0) is 12.8 Å². The average Bonchev–Trinajstić information content (AvgIpc) is 3.39. The Morgan fingerprint density at radius 2 is 0.433 bits per heavy atom. The van der Waals surface area contributed by atoms with Gasteiger partial charge < -0.3 is 10.0 Å². The molecule has 67 heavy (non-hydrogen) atoms. The molecule has 2 nitrogen and oxygen atoms in total. The van der Waals surface area contributed by atoms with Gasteiger partial charge in [-0.3, -0.25) is 0 Å². The summed E-state index contributed by atoms with van der Waals surface area (Å²) >= 11 is 6.87. The Bertz CT molecular complexity index is 2850. The zero-order valence-electron chi connectivity index (χ0n) is 37.0. The summed E-state index contributed by atoms with van der Waals surface area (Å²) in [6, 6.07) is 90.6. The molecule has 5 heteroatoms. The summed E-state index contributed by atoms with van der Waals surface area (Å²) < 4.78 is 2.25. The van der Waals surface area contributed by atoms with Crippen LogP contribution in [0.4, 0.5) is 0 Å². The van der Waals surface area contributed by atoms with E-state index < -0.39 is 7.12 Å². The van der Waals surface area contributed by atoms with Crippen molar-refractivity contribution < 1.29 is 10.0 Å². The Kier molecular flexibility index (Phi) is 16.4. The Labute approximate surface area is 412 Å². The lowest BCUT2D eigenvalue weighted by Crippen LogP contribution is -2.29. The summed E-state index contributed by atoms with van der Waals surface area (Å²) in [5, 5.41) is 17.9. The highest BCUT2D eigenvalue weighted by Crippen LogP contribution is 2.28. The lowest BCUT2D eigenvalue weighted by Gasteiger charge is -2.08. The lowest BCUT2D eigenvalue weighted by molar-refractivity contribution is 0.426. The molecule has 0 heterocycles. The van der Waals surface area contributed by atoms with Crippen LogP contribution in [0.5, 0.6) is 0 Å². The first-order valence-electron chi connectivity index (χ1n) is 22.3. The maximum atomic E-state index is 8.94. The quantitative estimate of drug-likeness (QED) is 0.134. The minimum absolute atomic E-state index is 0.509. The second-order valence-corrected chi connectivity index (χ2v) is 18.1. The molecule has 0 aromatic heterocycles. The molecule has 0 aliphatic carbocycles. The topological polar surface area (TPSA) is 40.5 Å². The van der Waals surface area contributed by atoms with Crippen molar-refractivity contribution in [2.24, 2.45) is 0 Å². The van der Waals surface area contributed by atoms with E-state index in [1.807, 2.05) is 42.5 Å². The van der Waals surface area contributed by atoms with Crippen molar-refractivity contribution >= 4 is 44.4 Å². The van der Waals surface area contributed by atoms with E-state index in [-0.39, 0.29) is 0 Å². The van der Waals surface area contributed by atoms with Crippen LogP contribution in [-0.4, -0.2) is 17.2 Å². The van der Waals surface area contributed by atoms with Gasteiger partial charge in [-0.05, 0) is 120 Å². The molecule has 0 radical (unpaired) electrons. The highest BCUT2D eigenvalue weighted by Gasteiger charge is 2.10. The van der Waals surface area contributed by atoms with Crippen LogP contribution >= 0.6 is 31.9 Å². The van der Waals surface area contributed by atoms with Gasteiger partial charge in [0.2, 0.25) is 0 Å². The fourth-order valence-corrected chi connectivity index (χ4v) is 8.28. The van der Waals surface area contributed by atoms with E-state index >= 15 is 0 Å². The van der Waals surface area contributed by atoms with Crippen molar-refractivity contribution in [3.8, 4) is 55.6 Å². The van der Waals surface area contributed by atoms with E-state index in [1.165, 1.54) is 66.8 Å². The minimum atomic E-state index is -1.39. The van der Waals surface area contributed by atoms with Gasteiger partial charge in [0, 0.05) is 8.95 Å². The molecular weight excluding hydrogens is 947 g/mol. The number of halogens is 2. The van der Waals surface area contributed by atoms with E-state index in [0.717, 1.165) is 32.9 Å². The van der Waals surface area contributed by atoms with Crippen LogP contribution in [0, 0.1) is 0 Å². The van der Waals surface area contributed by atoms with Crippen molar-refractivity contribution in [2.45, 2.75) is 12.8 Å². The zero-order valence-corrected chi connectivity index (χ0v) is 40.1. The van der Waals surface area contributed by atoms with E-state index in [4.69, 9.17) is 10.0 Å². The highest BCUT2D eigenvalue weighted by atomic mass is 79.9. The van der Waals surface area contributed by atoms with Gasteiger partial charge in [0.25, 0.3) is 0 Å². The third-order valence-electron chi connectivity index (χ3n) is 11.5. The standard InChI is InChI=1S/C37H28.C13H10Br2.C12H11BO2/c1-3-7-30(8-4-1)34-19-23-36(24-20-34)32-15-11-28(12-16-32)27-29-13-17-33(18-14-29)37-25-21-35(22-26-37)31-9-5-2-6-10-31;14-12-5-1-10(2-6-12)9-11-3-7-13(15)8-4-11;14-13(15)12-8-6-11(7-9-12)10-4-2-1-3-5-10/h1-26H,27H2;1-8H,9H2;1-9,14-15H. The van der Waals surface area contributed by atoms with Crippen molar-refractivity contribution in [3.63, 3.8) is 0 Å². The average molecular weight is 997 g/mol. The number of hydrogen-bond donors (Lipinski definition) is 2. The molecule has 0 aliphatic rings. The molecule has 0 spiro atoms. The van der Waals surface area contributed by atoms with Crippen LogP contribution < -0.4 is 5.46 Å². The van der Waals surface area contributed by atoms with Crippen molar-refractivity contribution in [1.29, 1.82) is 0 Å².